The van der Waals surface area contributed by atoms with Crippen molar-refractivity contribution >= 4 is 17.1 Å². The molecule has 0 aromatic carbocycles. The quantitative estimate of drug-likeness (QED) is 0.339. The van der Waals surface area contributed by atoms with E-state index < -0.39 is 0 Å². The monoisotopic (exact) mass is 184 g/mol. The van der Waals surface area contributed by atoms with Crippen LogP contribution in [-0.2, 0) is 9.47 Å². The Morgan fingerprint density at radius 3 is 2.58 bits per heavy atom. The normalized spacial score (nSPS) is 15.1. The van der Waals surface area contributed by atoms with Gasteiger partial charge < -0.3 is 9.47 Å². The number of ether oxygens (including phenoxy) is 2. The standard InChI is InChI=1S/C8H14BO2P/c1-3-4-11-7(5-9)8(6-12)10-2/h1,7-8H,4-6,12H2,2H3. The molecule has 0 aliphatic heterocycles. The third-order valence-corrected chi connectivity index (χ3v) is 2.03. The average molecular weight is 184 g/mol. The summed E-state index contributed by atoms with van der Waals surface area (Å²) in [6, 6.07) is 0. The van der Waals surface area contributed by atoms with Gasteiger partial charge in [0.2, 0.25) is 0 Å². The van der Waals surface area contributed by atoms with Crippen molar-refractivity contribution in [1.82, 2.24) is 0 Å². The first-order valence-electron chi connectivity index (χ1n) is 3.78. The molecule has 0 saturated heterocycles. The molecule has 3 atom stereocenters. The Balaban J connectivity index is 3.85. The number of terminal acetylenes is 1. The Labute approximate surface area is 78.0 Å². The minimum Gasteiger partial charge on any atom is -0.378 e. The maximum Gasteiger partial charge on any atom is 0.107 e. The molecule has 0 aliphatic rings. The van der Waals surface area contributed by atoms with E-state index in [-0.39, 0.29) is 18.8 Å². The molecular weight excluding hydrogens is 170 g/mol. The van der Waals surface area contributed by atoms with Crippen molar-refractivity contribution in [1.29, 1.82) is 0 Å². The highest BCUT2D eigenvalue weighted by Gasteiger charge is 2.17. The summed E-state index contributed by atoms with van der Waals surface area (Å²) in [5.74, 6) is 2.40. The minimum absolute atomic E-state index is 0.00773. The van der Waals surface area contributed by atoms with E-state index in [0.29, 0.717) is 6.32 Å². The van der Waals surface area contributed by atoms with Crippen LogP contribution in [0.4, 0.5) is 0 Å². The Morgan fingerprint density at radius 1 is 1.58 bits per heavy atom. The molecule has 0 N–H and O–H groups in total. The van der Waals surface area contributed by atoms with E-state index in [1.165, 1.54) is 0 Å². The lowest BCUT2D eigenvalue weighted by Gasteiger charge is -2.23. The molecule has 0 spiro atoms. The van der Waals surface area contributed by atoms with Crippen LogP contribution in [0.5, 0.6) is 0 Å². The first-order valence-corrected chi connectivity index (χ1v) is 4.59. The van der Waals surface area contributed by atoms with Crippen LogP contribution in [0.1, 0.15) is 0 Å². The molecule has 0 aromatic heterocycles. The Morgan fingerprint density at radius 2 is 2.25 bits per heavy atom. The SMILES string of the molecule is [B]CC(OCC#C)C(CP)OC. The fraction of sp³-hybridized carbons (Fsp3) is 0.750. The van der Waals surface area contributed by atoms with Gasteiger partial charge >= 0.3 is 0 Å². The van der Waals surface area contributed by atoms with E-state index in [0.717, 1.165) is 6.16 Å². The van der Waals surface area contributed by atoms with Crippen molar-refractivity contribution in [2.45, 2.75) is 18.5 Å². The summed E-state index contributed by atoms with van der Waals surface area (Å²) >= 11 is 0. The molecule has 0 fully saturated rings. The Bertz CT molecular complexity index is 142. The van der Waals surface area contributed by atoms with E-state index >= 15 is 0 Å². The largest absolute Gasteiger partial charge is 0.378 e. The van der Waals surface area contributed by atoms with Crippen LogP contribution in [0, 0.1) is 12.3 Å². The van der Waals surface area contributed by atoms with Gasteiger partial charge in [-0.2, -0.15) is 0 Å². The minimum atomic E-state index is -0.108. The first kappa shape index (κ1) is 12.0. The molecule has 0 bridgehead atoms. The van der Waals surface area contributed by atoms with Crippen LogP contribution in [-0.4, -0.2) is 39.9 Å². The maximum absolute atomic E-state index is 5.48. The molecule has 3 unspecified atom stereocenters. The fourth-order valence-corrected chi connectivity index (χ4v) is 1.38. The summed E-state index contributed by atoms with van der Waals surface area (Å²) in [7, 11) is 9.71. The zero-order valence-corrected chi connectivity index (χ0v) is 8.48. The summed E-state index contributed by atoms with van der Waals surface area (Å²) in [5.41, 5.74) is 0. The van der Waals surface area contributed by atoms with Crippen molar-refractivity contribution < 1.29 is 9.47 Å². The number of rotatable bonds is 6. The van der Waals surface area contributed by atoms with Gasteiger partial charge in [-0.05, 0) is 6.16 Å². The molecule has 0 rings (SSSR count). The van der Waals surface area contributed by atoms with Gasteiger partial charge in [-0.25, -0.2) is 0 Å². The molecule has 0 aliphatic carbocycles. The van der Waals surface area contributed by atoms with Gasteiger partial charge in [0.15, 0.2) is 0 Å². The van der Waals surface area contributed by atoms with Crippen LogP contribution in [0.15, 0.2) is 0 Å². The second-order valence-electron chi connectivity index (χ2n) is 2.30. The summed E-state index contributed by atoms with van der Waals surface area (Å²) in [4.78, 5) is 0. The molecular formula is C8H14BO2P. The van der Waals surface area contributed by atoms with Crippen LogP contribution in [0.25, 0.3) is 0 Å². The van der Waals surface area contributed by atoms with Crippen molar-refractivity contribution in [2.75, 3.05) is 19.9 Å². The van der Waals surface area contributed by atoms with Gasteiger partial charge in [-0.1, -0.05) is 12.2 Å². The second kappa shape index (κ2) is 7.62. The highest BCUT2D eigenvalue weighted by molar-refractivity contribution is 7.16. The third kappa shape index (κ3) is 4.11. The van der Waals surface area contributed by atoms with Crippen LogP contribution in [0.3, 0.4) is 0 Å². The van der Waals surface area contributed by atoms with Crippen molar-refractivity contribution in [2.24, 2.45) is 0 Å². The first-order chi connectivity index (χ1) is 5.79. The maximum atomic E-state index is 5.48. The molecule has 2 nitrogen and oxygen atoms in total. The molecule has 0 saturated carbocycles. The predicted molar refractivity (Wildman–Crippen MR) is 54.5 cm³/mol. The number of hydrogen-bond acceptors (Lipinski definition) is 2. The van der Waals surface area contributed by atoms with Gasteiger partial charge in [0.25, 0.3) is 0 Å². The summed E-state index contributed by atoms with van der Waals surface area (Å²) in [6.45, 7) is 0.284. The molecule has 4 heteroatoms. The topological polar surface area (TPSA) is 18.5 Å². The highest BCUT2D eigenvalue weighted by Crippen LogP contribution is 2.09. The molecule has 0 heterocycles. The lowest BCUT2D eigenvalue weighted by atomic mass is 9.96. The zero-order chi connectivity index (χ0) is 9.40. The van der Waals surface area contributed by atoms with E-state index in [4.69, 9.17) is 23.7 Å². The van der Waals surface area contributed by atoms with Crippen LogP contribution >= 0.6 is 9.24 Å². The fourth-order valence-electron chi connectivity index (χ4n) is 0.882. The average Bonchev–Trinajstić information content (AvgIpc) is 2.12. The van der Waals surface area contributed by atoms with Crippen LogP contribution < -0.4 is 0 Å². The lowest BCUT2D eigenvalue weighted by Crippen LogP contribution is -2.32. The highest BCUT2D eigenvalue weighted by atomic mass is 31.0. The lowest BCUT2D eigenvalue weighted by molar-refractivity contribution is -0.0240. The molecule has 2 radical (unpaired) electrons. The summed E-state index contributed by atoms with van der Waals surface area (Å²) in [5, 5.41) is 0. The van der Waals surface area contributed by atoms with Crippen molar-refractivity contribution in [3.8, 4) is 12.3 Å². The van der Waals surface area contributed by atoms with E-state index in [2.05, 4.69) is 15.2 Å². The van der Waals surface area contributed by atoms with Gasteiger partial charge in [0, 0.05) is 7.11 Å². The predicted octanol–water partition coefficient (Wildman–Crippen LogP) is 0.482. The number of hydrogen-bond donors (Lipinski definition) is 0. The molecule has 0 aromatic rings. The van der Waals surface area contributed by atoms with E-state index in [9.17, 15) is 0 Å². The molecule has 12 heavy (non-hydrogen) atoms. The summed E-state index contributed by atoms with van der Waals surface area (Å²) < 4.78 is 10.4. The van der Waals surface area contributed by atoms with Gasteiger partial charge in [-0.3, -0.25) is 0 Å². The second-order valence-corrected chi connectivity index (χ2v) is 2.77. The smallest absolute Gasteiger partial charge is 0.107 e. The third-order valence-electron chi connectivity index (χ3n) is 1.56. The van der Waals surface area contributed by atoms with E-state index in [1.54, 1.807) is 7.11 Å². The Kier molecular flexibility index (Phi) is 7.60. The Hall–Kier alpha value is -0.0251. The van der Waals surface area contributed by atoms with E-state index in [1.807, 2.05) is 0 Å². The van der Waals surface area contributed by atoms with Gasteiger partial charge in [-0.15, -0.1) is 15.7 Å². The van der Waals surface area contributed by atoms with Crippen molar-refractivity contribution in [3.63, 3.8) is 0 Å². The van der Waals surface area contributed by atoms with Gasteiger partial charge in [0.1, 0.15) is 6.61 Å². The van der Waals surface area contributed by atoms with Gasteiger partial charge in [0.05, 0.1) is 20.1 Å². The summed E-state index contributed by atoms with van der Waals surface area (Å²) in [6.07, 6.45) is 6.17. The molecule has 0 amide bonds. The van der Waals surface area contributed by atoms with Crippen molar-refractivity contribution in [3.05, 3.63) is 0 Å². The molecule has 66 valence electrons. The number of methoxy groups -OCH3 is 1. The van der Waals surface area contributed by atoms with Crippen LogP contribution in [0.2, 0.25) is 6.32 Å². The zero-order valence-electron chi connectivity index (χ0n) is 7.32.